The molecule has 0 aliphatic carbocycles. The van der Waals surface area contributed by atoms with Gasteiger partial charge in [0.2, 0.25) is 11.7 Å². The Morgan fingerprint density at radius 3 is 2.41 bits per heavy atom. The molecule has 2 rings (SSSR count). The fourth-order valence-corrected chi connectivity index (χ4v) is 3.23. The quantitative estimate of drug-likeness (QED) is 0.723. The molecular formula is C17H21F3N4O2S. The van der Waals surface area contributed by atoms with E-state index in [9.17, 15) is 22.8 Å². The van der Waals surface area contributed by atoms with Gasteiger partial charge in [0.25, 0.3) is 0 Å². The molecule has 0 atom stereocenters. The predicted molar refractivity (Wildman–Crippen MR) is 96.6 cm³/mol. The minimum absolute atomic E-state index is 0.00827. The minimum Gasteiger partial charge on any atom is -0.354 e. The molecule has 27 heavy (non-hydrogen) atoms. The van der Waals surface area contributed by atoms with Crippen molar-refractivity contribution in [2.75, 3.05) is 6.54 Å². The van der Waals surface area contributed by atoms with E-state index >= 15 is 0 Å². The number of amides is 1. The molecule has 2 aromatic rings. The first-order valence-corrected chi connectivity index (χ1v) is 9.19. The molecule has 10 heteroatoms. The summed E-state index contributed by atoms with van der Waals surface area (Å²) in [5, 5.41) is 6.33. The minimum atomic E-state index is -4.71. The summed E-state index contributed by atoms with van der Waals surface area (Å²) in [7, 11) is 1.01. The van der Waals surface area contributed by atoms with Crippen molar-refractivity contribution in [2.45, 2.75) is 43.1 Å². The first-order valence-electron chi connectivity index (χ1n) is 8.31. The Morgan fingerprint density at radius 1 is 1.26 bits per heavy atom. The molecule has 0 aliphatic rings. The van der Waals surface area contributed by atoms with Crippen LogP contribution in [0.4, 0.5) is 13.2 Å². The molecule has 6 nitrogen and oxygen atoms in total. The number of halogens is 3. The van der Waals surface area contributed by atoms with Gasteiger partial charge in [-0.3, -0.25) is 9.36 Å². The Bertz CT molecular complexity index is 841. The molecule has 1 N–H and O–H groups in total. The lowest BCUT2D eigenvalue weighted by atomic mass is 10.1. The van der Waals surface area contributed by atoms with Crippen molar-refractivity contribution in [3.05, 3.63) is 46.1 Å². The van der Waals surface area contributed by atoms with Gasteiger partial charge in [-0.1, -0.05) is 26.0 Å². The summed E-state index contributed by atoms with van der Waals surface area (Å²) in [4.78, 5) is 24.8. The van der Waals surface area contributed by atoms with E-state index in [-0.39, 0.29) is 25.4 Å². The van der Waals surface area contributed by atoms with Crippen molar-refractivity contribution in [3.8, 4) is 0 Å². The van der Waals surface area contributed by atoms with Gasteiger partial charge >= 0.3 is 11.9 Å². The Kier molecular flexibility index (Phi) is 6.74. The maximum absolute atomic E-state index is 12.7. The molecule has 0 spiro atoms. The Balaban J connectivity index is 1.87. The number of benzene rings is 1. The molecular weight excluding hydrogens is 381 g/mol. The number of hydrogen-bond donors (Lipinski definition) is 1. The third-order valence-corrected chi connectivity index (χ3v) is 4.62. The molecule has 1 aromatic carbocycles. The van der Waals surface area contributed by atoms with E-state index in [1.54, 1.807) is 11.8 Å². The number of carbonyl (C=O) groups excluding carboxylic acids is 1. The zero-order valence-corrected chi connectivity index (χ0v) is 16.0. The normalized spacial score (nSPS) is 11.8. The fraction of sp³-hybridized carbons (Fsp3) is 0.471. The molecule has 0 fully saturated rings. The summed E-state index contributed by atoms with van der Waals surface area (Å²) in [5.41, 5.74) is -0.0511. The number of nitrogens with zero attached hydrogens (tertiary/aromatic N) is 3. The highest BCUT2D eigenvalue weighted by Gasteiger charge is 2.37. The smallest absolute Gasteiger partial charge is 0.354 e. The van der Waals surface area contributed by atoms with Gasteiger partial charge in [0, 0.05) is 23.7 Å². The van der Waals surface area contributed by atoms with Gasteiger partial charge in [0.05, 0.1) is 13.0 Å². The SMILES string of the molecule is CC(C)Sc1ccc(CC(=O)NCCn2nc(C(F)(F)F)n(C)c2=O)cc1. The van der Waals surface area contributed by atoms with Gasteiger partial charge in [0.15, 0.2) is 0 Å². The van der Waals surface area contributed by atoms with E-state index in [0.29, 0.717) is 14.5 Å². The third-order valence-electron chi connectivity index (χ3n) is 3.60. The van der Waals surface area contributed by atoms with Crippen LogP contribution in [0.25, 0.3) is 0 Å². The molecule has 0 bridgehead atoms. The number of thioether (sulfide) groups is 1. The molecule has 0 radical (unpaired) electrons. The summed E-state index contributed by atoms with van der Waals surface area (Å²) in [6.45, 7) is 4.06. The third kappa shape index (κ3) is 5.88. The summed E-state index contributed by atoms with van der Waals surface area (Å²) >= 11 is 1.72. The Morgan fingerprint density at radius 2 is 1.89 bits per heavy atom. The fourth-order valence-electron chi connectivity index (χ4n) is 2.39. The van der Waals surface area contributed by atoms with Gasteiger partial charge in [-0.25, -0.2) is 9.48 Å². The summed E-state index contributed by atoms with van der Waals surface area (Å²) in [6.07, 6.45) is -4.56. The Labute approximate surface area is 158 Å². The van der Waals surface area contributed by atoms with Crippen molar-refractivity contribution in [3.63, 3.8) is 0 Å². The number of hydrogen-bond acceptors (Lipinski definition) is 4. The van der Waals surface area contributed by atoms with Crippen LogP contribution in [0.1, 0.15) is 25.2 Å². The van der Waals surface area contributed by atoms with Crippen LogP contribution in [0.2, 0.25) is 0 Å². The highest BCUT2D eigenvalue weighted by molar-refractivity contribution is 7.99. The maximum atomic E-state index is 12.7. The monoisotopic (exact) mass is 402 g/mol. The number of aromatic nitrogens is 3. The van der Waals surface area contributed by atoms with E-state index in [2.05, 4.69) is 24.3 Å². The summed E-state index contributed by atoms with van der Waals surface area (Å²) in [5.74, 6) is -1.54. The highest BCUT2D eigenvalue weighted by Crippen LogP contribution is 2.26. The van der Waals surface area contributed by atoms with Gasteiger partial charge in [-0.2, -0.15) is 13.2 Å². The van der Waals surface area contributed by atoms with Crippen molar-refractivity contribution in [1.82, 2.24) is 19.7 Å². The van der Waals surface area contributed by atoms with Crippen molar-refractivity contribution in [1.29, 1.82) is 0 Å². The average Bonchev–Trinajstić information content (AvgIpc) is 2.85. The second-order valence-electron chi connectivity index (χ2n) is 6.22. The first-order chi connectivity index (χ1) is 12.6. The highest BCUT2D eigenvalue weighted by atomic mass is 32.2. The number of carbonyl (C=O) groups is 1. The van der Waals surface area contributed by atoms with Crippen molar-refractivity contribution in [2.24, 2.45) is 7.05 Å². The summed E-state index contributed by atoms with van der Waals surface area (Å²) < 4.78 is 39.3. The van der Waals surface area contributed by atoms with Gasteiger partial charge in [-0.05, 0) is 17.7 Å². The van der Waals surface area contributed by atoms with Crippen molar-refractivity contribution < 1.29 is 18.0 Å². The van der Waals surface area contributed by atoms with Crippen LogP contribution in [-0.2, 0) is 31.0 Å². The van der Waals surface area contributed by atoms with Crippen LogP contribution in [-0.4, -0.2) is 32.0 Å². The lowest BCUT2D eigenvalue weighted by Gasteiger charge is -2.07. The van der Waals surface area contributed by atoms with E-state index in [0.717, 1.165) is 17.5 Å². The van der Waals surface area contributed by atoms with Crippen LogP contribution in [0.3, 0.4) is 0 Å². The van der Waals surface area contributed by atoms with Gasteiger partial charge in [0.1, 0.15) is 0 Å². The largest absolute Gasteiger partial charge is 0.451 e. The molecule has 1 aromatic heterocycles. The second kappa shape index (κ2) is 8.64. The zero-order valence-electron chi connectivity index (χ0n) is 15.2. The molecule has 0 unspecified atom stereocenters. The maximum Gasteiger partial charge on any atom is 0.451 e. The molecule has 0 saturated heterocycles. The summed E-state index contributed by atoms with van der Waals surface area (Å²) in [6, 6.07) is 7.62. The second-order valence-corrected chi connectivity index (χ2v) is 7.87. The van der Waals surface area contributed by atoms with Crippen molar-refractivity contribution >= 4 is 17.7 Å². The molecule has 1 amide bonds. The van der Waals surface area contributed by atoms with Gasteiger partial charge in [-0.15, -0.1) is 16.9 Å². The van der Waals surface area contributed by atoms with Crippen LogP contribution in [0, 0.1) is 0 Å². The molecule has 148 valence electrons. The van der Waals surface area contributed by atoms with E-state index < -0.39 is 17.7 Å². The Hall–Kier alpha value is -2.23. The number of rotatable bonds is 7. The predicted octanol–water partition coefficient (Wildman–Crippen LogP) is 2.46. The van der Waals surface area contributed by atoms with Crippen LogP contribution in [0.15, 0.2) is 34.0 Å². The van der Waals surface area contributed by atoms with Crippen LogP contribution < -0.4 is 11.0 Å². The van der Waals surface area contributed by atoms with Crippen LogP contribution in [0.5, 0.6) is 0 Å². The van der Waals surface area contributed by atoms with E-state index in [1.165, 1.54) is 0 Å². The van der Waals surface area contributed by atoms with E-state index in [4.69, 9.17) is 0 Å². The number of alkyl halides is 3. The molecule has 0 saturated carbocycles. The van der Waals surface area contributed by atoms with Gasteiger partial charge < -0.3 is 5.32 Å². The molecule has 1 heterocycles. The zero-order chi connectivity index (χ0) is 20.2. The van der Waals surface area contributed by atoms with Crippen LogP contribution >= 0.6 is 11.8 Å². The van der Waals surface area contributed by atoms with E-state index in [1.807, 2.05) is 24.3 Å². The topological polar surface area (TPSA) is 68.9 Å². The average molecular weight is 402 g/mol. The standard InChI is InChI=1S/C17H21F3N4O2S/c1-11(2)27-13-6-4-12(5-7-13)10-14(25)21-8-9-24-16(26)23(3)15(22-24)17(18,19)20/h4-7,11H,8-10H2,1-3H3,(H,21,25). The lowest BCUT2D eigenvalue weighted by molar-refractivity contribution is -0.147. The number of nitrogens with one attached hydrogen (secondary N) is 1. The molecule has 0 aliphatic heterocycles. The lowest BCUT2D eigenvalue weighted by Crippen LogP contribution is -2.32. The first kappa shape index (κ1) is 21.1.